The predicted octanol–water partition coefficient (Wildman–Crippen LogP) is 4.05. The number of imide groups is 1. The lowest BCUT2D eigenvalue weighted by atomic mass is 10.1. The van der Waals surface area contributed by atoms with Crippen molar-refractivity contribution in [2.45, 2.75) is 11.8 Å². The molecule has 112 valence electrons. The Balaban J connectivity index is 2.16. The summed E-state index contributed by atoms with van der Waals surface area (Å²) in [7, 11) is 3.00. The van der Waals surface area contributed by atoms with Crippen LogP contribution < -0.4 is 5.32 Å². The summed E-state index contributed by atoms with van der Waals surface area (Å²) in [6, 6.07) is 17.5. The number of hydrogen-bond donors (Lipinski definition) is 1. The Kier molecular flexibility index (Phi) is 6.30. The first kappa shape index (κ1) is 16.4. The van der Waals surface area contributed by atoms with Gasteiger partial charge in [-0.05, 0) is 30.0 Å². The molecule has 0 aliphatic carbocycles. The third-order valence-electron chi connectivity index (χ3n) is 2.85. The molecular formula is C17H15NO2S2. The van der Waals surface area contributed by atoms with Crippen LogP contribution >= 0.6 is 21.6 Å². The number of carbonyl (C=O) groups is 2. The van der Waals surface area contributed by atoms with Gasteiger partial charge in [-0.15, -0.1) is 0 Å². The first-order valence-electron chi connectivity index (χ1n) is 6.61. The van der Waals surface area contributed by atoms with Gasteiger partial charge in [0.1, 0.15) is 0 Å². The van der Waals surface area contributed by atoms with Crippen LogP contribution in [0.3, 0.4) is 0 Å². The summed E-state index contributed by atoms with van der Waals surface area (Å²) in [6.07, 6.45) is 0.402. The fraction of sp³-hybridized carbons (Fsp3) is 0.0588. The second kappa shape index (κ2) is 8.46. The maximum atomic E-state index is 12.0. The van der Waals surface area contributed by atoms with E-state index in [0.29, 0.717) is 12.0 Å². The number of benzene rings is 2. The molecule has 2 aromatic rings. The highest BCUT2D eigenvalue weighted by molar-refractivity contribution is 8.77. The van der Waals surface area contributed by atoms with E-state index < -0.39 is 5.91 Å². The molecule has 0 aliphatic rings. The van der Waals surface area contributed by atoms with Crippen molar-refractivity contribution >= 4 is 39.5 Å². The van der Waals surface area contributed by atoms with E-state index >= 15 is 0 Å². The summed E-state index contributed by atoms with van der Waals surface area (Å²) < 4.78 is 0. The lowest BCUT2D eigenvalue weighted by Gasteiger charge is -2.06. The summed E-state index contributed by atoms with van der Waals surface area (Å²) in [6.45, 7) is 1.98. The molecule has 0 fully saturated rings. The molecule has 0 radical (unpaired) electrons. The SMILES string of the molecule is Cc1ccc(/C(=C/SSc2ccccc2)C(=O)NC=O)cc1. The van der Waals surface area contributed by atoms with Crippen molar-refractivity contribution < 1.29 is 9.59 Å². The molecule has 0 heterocycles. The van der Waals surface area contributed by atoms with Gasteiger partial charge >= 0.3 is 0 Å². The lowest BCUT2D eigenvalue weighted by Crippen LogP contribution is -2.22. The zero-order chi connectivity index (χ0) is 15.8. The topological polar surface area (TPSA) is 46.2 Å². The van der Waals surface area contributed by atoms with Gasteiger partial charge in [-0.2, -0.15) is 0 Å². The molecule has 0 bridgehead atoms. The van der Waals surface area contributed by atoms with Crippen LogP contribution in [0.2, 0.25) is 0 Å². The fourth-order valence-electron chi connectivity index (χ4n) is 1.72. The van der Waals surface area contributed by atoms with Gasteiger partial charge in [0.25, 0.3) is 5.91 Å². The standard InChI is InChI=1S/C17H15NO2S2/c1-13-7-9-14(10-8-13)16(17(20)18-12-19)11-21-22-15-5-3-2-4-6-15/h2-12H,1H3,(H,18,19,20)/b16-11-. The Morgan fingerprint density at radius 1 is 1.05 bits per heavy atom. The molecule has 0 aliphatic heterocycles. The van der Waals surface area contributed by atoms with Crippen LogP contribution in [0, 0.1) is 6.92 Å². The Hall–Kier alpha value is -1.98. The smallest absolute Gasteiger partial charge is 0.258 e. The Bertz CT molecular complexity index is 667. The van der Waals surface area contributed by atoms with Crippen LogP contribution in [0.5, 0.6) is 0 Å². The van der Waals surface area contributed by atoms with E-state index in [1.165, 1.54) is 10.8 Å². The highest BCUT2D eigenvalue weighted by atomic mass is 33.1. The van der Waals surface area contributed by atoms with Crippen LogP contribution in [-0.4, -0.2) is 12.3 Å². The first-order valence-corrected chi connectivity index (χ1v) is 8.82. The fourth-order valence-corrected chi connectivity index (χ4v) is 3.59. The summed E-state index contributed by atoms with van der Waals surface area (Å²) in [4.78, 5) is 23.7. The second-order valence-corrected chi connectivity index (χ2v) is 6.63. The monoisotopic (exact) mass is 329 g/mol. The van der Waals surface area contributed by atoms with Gasteiger partial charge in [-0.3, -0.25) is 14.9 Å². The van der Waals surface area contributed by atoms with Gasteiger partial charge in [-0.25, -0.2) is 0 Å². The third-order valence-corrected chi connectivity index (χ3v) is 4.90. The summed E-state index contributed by atoms with van der Waals surface area (Å²) in [5, 5.41) is 3.96. The van der Waals surface area contributed by atoms with Gasteiger partial charge in [0, 0.05) is 4.90 Å². The molecule has 0 spiro atoms. The minimum absolute atomic E-state index is 0.402. The van der Waals surface area contributed by atoms with Crippen LogP contribution in [0.15, 0.2) is 64.9 Å². The molecule has 0 aromatic heterocycles. The minimum atomic E-state index is -0.403. The predicted molar refractivity (Wildman–Crippen MR) is 93.3 cm³/mol. The van der Waals surface area contributed by atoms with Gasteiger partial charge in [0.05, 0.1) is 5.57 Å². The molecule has 0 atom stereocenters. The molecule has 0 saturated heterocycles. The van der Waals surface area contributed by atoms with E-state index in [1.54, 1.807) is 16.2 Å². The van der Waals surface area contributed by atoms with Gasteiger partial charge < -0.3 is 0 Å². The zero-order valence-electron chi connectivity index (χ0n) is 12.0. The average Bonchev–Trinajstić information content (AvgIpc) is 2.54. The van der Waals surface area contributed by atoms with Gasteiger partial charge in [-0.1, -0.05) is 69.6 Å². The average molecular weight is 329 g/mol. The quantitative estimate of drug-likeness (QED) is 0.493. The number of aryl methyl sites for hydroxylation is 1. The van der Waals surface area contributed by atoms with Crippen molar-refractivity contribution in [2.24, 2.45) is 0 Å². The minimum Gasteiger partial charge on any atom is -0.295 e. The molecule has 2 aromatic carbocycles. The van der Waals surface area contributed by atoms with E-state index in [4.69, 9.17) is 0 Å². The van der Waals surface area contributed by atoms with Crippen LogP contribution in [0.1, 0.15) is 11.1 Å². The normalized spacial score (nSPS) is 11.0. The number of amides is 2. The van der Waals surface area contributed by atoms with Crippen molar-refractivity contribution in [2.75, 3.05) is 0 Å². The number of hydrogen-bond acceptors (Lipinski definition) is 4. The van der Waals surface area contributed by atoms with Gasteiger partial charge in [0.15, 0.2) is 0 Å². The molecule has 5 heteroatoms. The molecule has 2 rings (SSSR count). The highest BCUT2D eigenvalue weighted by Gasteiger charge is 2.11. The van der Waals surface area contributed by atoms with E-state index in [-0.39, 0.29) is 0 Å². The Morgan fingerprint density at radius 3 is 2.36 bits per heavy atom. The second-order valence-electron chi connectivity index (χ2n) is 4.48. The van der Waals surface area contributed by atoms with Crippen molar-refractivity contribution in [3.05, 3.63) is 71.1 Å². The molecular weight excluding hydrogens is 314 g/mol. The van der Waals surface area contributed by atoms with Crippen LogP contribution in [-0.2, 0) is 9.59 Å². The zero-order valence-corrected chi connectivity index (χ0v) is 13.6. The number of carbonyl (C=O) groups excluding carboxylic acids is 2. The highest BCUT2D eigenvalue weighted by Crippen LogP contribution is 2.34. The molecule has 0 saturated carbocycles. The van der Waals surface area contributed by atoms with Crippen LogP contribution in [0.25, 0.3) is 5.57 Å². The Labute approximate surface area is 137 Å². The number of rotatable bonds is 6. The van der Waals surface area contributed by atoms with Crippen molar-refractivity contribution in [1.29, 1.82) is 0 Å². The molecule has 22 heavy (non-hydrogen) atoms. The lowest BCUT2D eigenvalue weighted by molar-refractivity contribution is -0.121. The maximum Gasteiger partial charge on any atom is 0.258 e. The molecule has 3 nitrogen and oxygen atoms in total. The van der Waals surface area contributed by atoms with E-state index in [2.05, 4.69) is 5.32 Å². The van der Waals surface area contributed by atoms with Crippen LogP contribution in [0.4, 0.5) is 0 Å². The number of nitrogens with one attached hydrogen (secondary N) is 1. The van der Waals surface area contributed by atoms with Gasteiger partial charge in [0.2, 0.25) is 6.41 Å². The van der Waals surface area contributed by atoms with E-state index in [9.17, 15) is 9.59 Å². The summed E-state index contributed by atoms with van der Waals surface area (Å²) in [5.41, 5.74) is 2.37. The molecule has 2 amide bonds. The first-order chi connectivity index (χ1) is 10.7. The summed E-state index contributed by atoms with van der Waals surface area (Å²) in [5.74, 6) is -0.403. The third kappa shape index (κ3) is 4.79. The van der Waals surface area contributed by atoms with E-state index in [1.807, 2.05) is 61.5 Å². The van der Waals surface area contributed by atoms with E-state index in [0.717, 1.165) is 16.0 Å². The van der Waals surface area contributed by atoms with Crippen molar-refractivity contribution in [3.63, 3.8) is 0 Å². The van der Waals surface area contributed by atoms with Crippen molar-refractivity contribution in [1.82, 2.24) is 5.32 Å². The van der Waals surface area contributed by atoms with Crippen molar-refractivity contribution in [3.8, 4) is 0 Å². The molecule has 1 N–H and O–H groups in total. The summed E-state index contributed by atoms with van der Waals surface area (Å²) >= 11 is 0. The maximum absolute atomic E-state index is 12.0. The molecule has 0 unspecified atom stereocenters. The largest absolute Gasteiger partial charge is 0.295 e. The Morgan fingerprint density at radius 2 is 1.73 bits per heavy atom.